The van der Waals surface area contributed by atoms with E-state index in [1.807, 2.05) is 30.3 Å². The minimum atomic E-state index is -2.92. The fourth-order valence-corrected chi connectivity index (χ4v) is 19.3. The summed E-state index contributed by atoms with van der Waals surface area (Å²) in [5.41, 5.74) is 0.581. The van der Waals surface area contributed by atoms with Crippen LogP contribution in [-0.2, 0) is 13.6 Å². The molecule has 5 aromatic carbocycles. The van der Waals surface area contributed by atoms with Crippen LogP contribution in [0.3, 0.4) is 0 Å². The number of ether oxygens (including phenoxy) is 1. The lowest BCUT2D eigenvalue weighted by atomic mass is 9.63. The van der Waals surface area contributed by atoms with Gasteiger partial charge in [-0.25, -0.2) is 4.79 Å². The molecule has 1 saturated carbocycles. The van der Waals surface area contributed by atoms with Gasteiger partial charge >= 0.3 is 5.97 Å². The van der Waals surface area contributed by atoms with Crippen LogP contribution in [-0.4, -0.2) is 41.9 Å². The molecule has 2 aliphatic rings. The van der Waals surface area contributed by atoms with Crippen LogP contribution in [0.5, 0.6) is 0 Å². The van der Waals surface area contributed by atoms with Crippen LogP contribution in [0, 0.1) is 23.7 Å². The Kier molecular flexibility index (Phi) is 12.4. The Morgan fingerprint density at radius 1 is 0.544 bits per heavy atom. The van der Waals surface area contributed by atoms with E-state index in [9.17, 15) is 4.79 Å². The third-order valence-corrected chi connectivity index (χ3v) is 22.8. The fraction of sp³-hybridized carbons (Fsp3) is 0.353. The maximum atomic E-state index is 14.2. The van der Waals surface area contributed by atoms with Crippen molar-refractivity contribution in [3.8, 4) is 0 Å². The molecular formula is C51H60O4Si2. The normalized spacial score (nSPS) is 21.4. The number of hydrogen-bond acceptors (Lipinski definition) is 4. The molecule has 0 aromatic heterocycles. The molecule has 0 unspecified atom stereocenters. The molecule has 0 spiro atoms. The zero-order chi connectivity index (χ0) is 40.1. The smallest absolute Gasteiger partial charge is 0.338 e. The number of benzene rings is 5. The Bertz CT molecular complexity index is 1980. The summed E-state index contributed by atoms with van der Waals surface area (Å²) in [4.78, 5) is 14.2. The largest absolute Gasteiger partial charge is 0.458 e. The van der Waals surface area contributed by atoms with Gasteiger partial charge < -0.3 is 13.6 Å². The van der Waals surface area contributed by atoms with E-state index in [-0.39, 0.29) is 39.9 Å². The second-order valence-corrected chi connectivity index (χ2v) is 26.8. The van der Waals surface area contributed by atoms with Gasteiger partial charge in [-0.15, -0.1) is 0 Å². The highest BCUT2D eigenvalue weighted by atomic mass is 28.4. The van der Waals surface area contributed by atoms with Crippen LogP contribution in [0.4, 0.5) is 0 Å². The van der Waals surface area contributed by atoms with Gasteiger partial charge in [0.2, 0.25) is 0 Å². The number of rotatable bonds is 12. The molecule has 0 N–H and O–H groups in total. The molecule has 0 heterocycles. The van der Waals surface area contributed by atoms with Gasteiger partial charge in [0.25, 0.3) is 16.6 Å². The molecule has 4 nitrogen and oxygen atoms in total. The van der Waals surface area contributed by atoms with E-state index in [0.717, 1.165) is 19.3 Å². The van der Waals surface area contributed by atoms with Crippen molar-refractivity contribution in [2.45, 2.75) is 77.0 Å². The minimum absolute atomic E-state index is 0.0891. The lowest BCUT2D eigenvalue weighted by molar-refractivity contribution is -0.0857. The average Bonchev–Trinajstić information content (AvgIpc) is 3.23. The van der Waals surface area contributed by atoms with E-state index < -0.39 is 16.6 Å². The predicted molar refractivity (Wildman–Crippen MR) is 240 cm³/mol. The zero-order valence-corrected chi connectivity index (χ0v) is 36.6. The topological polar surface area (TPSA) is 44.8 Å². The van der Waals surface area contributed by atoms with E-state index in [1.165, 1.54) is 20.7 Å². The Hall–Kier alpha value is -4.34. The van der Waals surface area contributed by atoms with E-state index in [0.29, 0.717) is 24.7 Å². The predicted octanol–water partition coefficient (Wildman–Crippen LogP) is 9.58. The molecule has 0 aliphatic heterocycles. The lowest BCUT2D eigenvalue weighted by Crippen LogP contribution is -2.68. The van der Waals surface area contributed by atoms with Gasteiger partial charge in [0.1, 0.15) is 6.10 Å². The quantitative estimate of drug-likeness (QED) is 0.0718. The molecule has 5 atom stereocenters. The average molecular weight is 793 g/mol. The van der Waals surface area contributed by atoms with Crippen molar-refractivity contribution < 1.29 is 18.4 Å². The first-order chi connectivity index (χ1) is 27.5. The zero-order valence-electron chi connectivity index (χ0n) is 34.6. The van der Waals surface area contributed by atoms with Crippen molar-refractivity contribution in [1.82, 2.24) is 0 Å². The van der Waals surface area contributed by atoms with Crippen LogP contribution >= 0.6 is 0 Å². The monoisotopic (exact) mass is 792 g/mol. The van der Waals surface area contributed by atoms with Crippen LogP contribution in [0.1, 0.15) is 71.2 Å². The van der Waals surface area contributed by atoms with Gasteiger partial charge in [0, 0.05) is 25.0 Å². The minimum Gasteiger partial charge on any atom is -0.458 e. The maximum absolute atomic E-state index is 14.2. The molecule has 1 fully saturated rings. The molecule has 7 rings (SSSR count). The third-order valence-electron chi connectivity index (χ3n) is 12.8. The number of allylic oxidation sites excluding steroid dienone is 2. The van der Waals surface area contributed by atoms with E-state index >= 15 is 0 Å². The Morgan fingerprint density at radius 3 is 1.35 bits per heavy atom. The molecule has 296 valence electrons. The van der Waals surface area contributed by atoms with Gasteiger partial charge in [-0.1, -0.05) is 193 Å². The summed E-state index contributed by atoms with van der Waals surface area (Å²) in [6.45, 7) is 15.0. The van der Waals surface area contributed by atoms with Crippen LogP contribution < -0.4 is 20.7 Å². The number of esters is 1. The van der Waals surface area contributed by atoms with E-state index in [1.54, 1.807) is 0 Å². The molecule has 0 bridgehead atoms. The highest BCUT2D eigenvalue weighted by Crippen LogP contribution is 2.48. The van der Waals surface area contributed by atoms with Gasteiger partial charge in [-0.3, -0.25) is 0 Å². The number of carbonyl (C=O) groups is 1. The lowest BCUT2D eigenvalue weighted by Gasteiger charge is -2.51. The first-order valence-corrected chi connectivity index (χ1v) is 24.7. The van der Waals surface area contributed by atoms with Crippen molar-refractivity contribution in [3.63, 3.8) is 0 Å². The first kappa shape index (κ1) is 40.8. The maximum Gasteiger partial charge on any atom is 0.338 e. The SMILES string of the molecule is CC(C)(C)[Si](OC[C@@H]1C[C@H]2CC=CC[C@H]2[C@@H](OC(=O)c2ccccc2)[C@H]1CO[Si](c1ccccc1)(c1ccccc1)C(C)(C)C)(c1ccccc1)c1ccccc1. The van der Waals surface area contributed by atoms with Gasteiger partial charge in [-0.2, -0.15) is 0 Å². The Balaban J connectivity index is 1.35. The first-order valence-electron chi connectivity index (χ1n) is 20.9. The summed E-state index contributed by atoms with van der Waals surface area (Å²) in [5.74, 6) is 0.300. The molecule has 5 aromatic rings. The van der Waals surface area contributed by atoms with Gasteiger partial charge in [-0.05, 0) is 74.1 Å². The van der Waals surface area contributed by atoms with Crippen molar-refractivity contribution in [2.75, 3.05) is 13.2 Å². The second kappa shape index (κ2) is 17.3. The molecular weight excluding hydrogens is 733 g/mol. The summed E-state index contributed by atoms with van der Waals surface area (Å²) in [7, 11) is -5.78. The highest BCUT2D eigenvalue weighted by Gasteiger charge is 2.55. The van der Waals surface area contributed by atoms with E-state index in [4.69, 9.17) is 13.6 Å². The fourth-order valence-electron chi connectivity index (χ4n) is 10.1. The Labute approximate surface area is 343 Å². The summed E-state index contributed by atoms with van der Waals surface area (Å²) >= 11 is 0. The van der Waals surface area contributed by atoms with Crippen molar-refractivity contribution in [3.05, 3.63) is 169 Å². The van der Waals surface area contributed by atoms with Crippen molar-refractivity contribution in [1.29, 1.82) is 0 Å². The molecule has 0 radical (unpaired) electrons. The van der Waals surface area contributed by atoms with Gasteiger partial charge in [0.05, 0.1) is 5.56 Å². The third kappa shape index (κ3) is 8.20. The van der Waals surface area contributed by atoms with Crippen molar-refractivity contribution >= 4 is 43.4 Å². The molecule has 0 amide bonds. The number of hydrogen-bond donors (Lipinski definition) is 0. The summed E-state index contributed by atoms with van der Waals surface area (Å²) < 4.78 is 22.4. The molecule has 6 heteroatoms. The summed E-state index contributed by atoms with van der Waals surface area (Å²) in [5, 5.41) is 4.67. The second-order valence-electron chi connectivity index (χ2n) is 18.2. The molecule has 0 saturated heterocycles. The number of fused-ring (bicyclic) bond motifs is 1. The summed E-state index contributed by atoms with van der Waals surface area (Å²) in [6, 6.07) is 53.1. The van der Waals surface area contributed by atoms with Gasteiger partial charge in [0.15, 0.2) is 0 Å². The molecule has 57 heavy (non-hydrogen) atoms. The summed E-state index contributed by atoms with van der Waals surface area (Å²) in [6.07, 6.45) is 7.13. The van der Waals surface area contributed by atoms with Crippen molar-refractivity contribution in [2.24, 2.45) is 23.7 Å². The standard InChI is InChI=1S/C51H60O4Si2/c1-50(2,3)56(42-27-14-8-15-28-42,43-29-16-9-17-30-43)53-37-41-36-40-26-22-23-35-46(40)48(55-49(52)39-24-12-7-13-25-39)47(41)38-54-57(51(4,5)6,44-31-18-10-19-32-44)45-33-20-11-21-34-45/h7-25,27-34,40-41,46-48H,26,35-38H2,1-6H3/t40-,41+,46-,47+,48-/m1/s1. The van der Waals surface area contributed by atoms with E-state index in [2.05, 4.69) is 175 Å². The molecule has 2 aliphatic carbocycles. The Morgan fingerprint density at radius 2 is 0.930 bits per heavy atom. The van der Waals surface area contributed by atoms with Crippen LogP contribution in [0.15, 0.2) is 164 Å². The number of carbonyl (C=O) groups excluding carboxylic acids is 1. The highest BCUT2D eigenvalue weighted by molar-refractivity contribution is 7.00. The van der Waals surface area contributed by atoms with Crippen LogP contribution in [0.2, 0.25) is 10.1 Å². The van der Waals surface area contributed by atoms with Crippen LogP contribution in [0.25, 0.3) is 0 Å².